The fourth-order valence-electron chi connectivity index (χ4n) is 2.18. The quantitative estimate of drug-likeness (QED) is 0.904. The summed E-state index contributed by atoms with van der Waals surface area (Å²) in [6.45, 7) is 4.79. The van der Waals surface area contributed by atoms with Crippen LogP contribution in [0.1, 0.15) is 17.6 Å². The normalized spacial score (nSPS) is 19.6. The summed E-state index contributed by atoms with van der Waals surface area (Å²) in [5.74, 6) is 1.26. The van der Waals surface area contributed by atoms with Crippen molar-refractivity contribution < 1.29 is 4.52 Å². The second kappa shape index (κ2) is 6.30. The van der Waals surface area contributed by atoms with Crippen LogP contribution in [-0.2, 0) is 0 Å². The van der Waals surface area contributed by atoms with Crippen molar-refractivity contribution >= 4 is 12.4 Å². The van der Waals surface area contributed by atoms with Crippen LogP contribution in [0, 0.1) is 6.92 Å². The molecule has 1 aliphatic heterocycles. The molecule has 2 aromatic heterocycles. The van der Waals surface area contributed by atoms with Crippen molar-refractivity contribution in [3.05, 3.63) is 29.8 Å². The minimum atomic E-state index is 0. The van der Waals surface area contributed by atoms with Crippen LogP contribution in [0.15, 0.2) is 22.9 Å². The fraction of sp³-hybridized carbons (Fsp3) is 0.462. The Bertz CT molecular complexity index is 556. The van der Waals surface area contributed by atoms with E-state index in [0.717, 1.165) is 36.7 Å². The van der Waals surface area contributed by atoms with Crippen LogP contribution in [0.4, 0.5) is 0 Å². The van der Waals surface area contributed by atoms with Crippen LogP contribution in [0.5, 0.6) is 0 Å². The molecule has 0 amide bonds. The standard InChI is InChI=1S/C13H17N5O.ClH/c1-9-3-4-10(7-15-9)13-16-12(17-19-13)11-8-14-5-6-18(11)2;/h3-4,7,11,14H,5-6,8H2,1-2H3;1H. The van der Waals surface area contributed by atoms with Crippen molar-refractivity contribution in [3.63, 3.8) is 0 Å². The van der Waals surface area contributed by atoms with Gasteiger partial charge < -0.3 is 9.84 Å². The van der Waals surface area contributed by atoms with Crippen LogP contribution in [0.25, 0.3) is 11.5 Å². The zero-order chi connectivity index (χ0) is 13.2. The first kappa shape index (κ1) is 14.9. The van der Waals surface area contributed by atoms with Crippen LogP contribution >= 0.6 is 12.4 Å². The van der Waals surface area contributed by atoms with E-state index >= 15 is 0 Å². The molecule has 1 unspecified atom stereocenters. The average molecular weight is 296 g/mol. The fourth-order valence-corrected chi connectivity index (χ4v) is 2.18. The predicted octanol–water partition coefficient (Wildman–Crippen LogP) is 1.44. The Kier molecular flexibility index (Phi) is 4.69. The lowest BCUT2D eigenvalue weighted by atomic mass is 10.2. The summed E-state index contributed by atoms with van der Waals surface area (Å²) >= 11 is 0. The summed E-state index contributed by atoms with van der Waals surface area (Å²) in [5, 5.41) is 7.44. The molecular weight excluding hydrogens is 278 g/mol. The highest BCUT2D eigenvalue weighted by molar-refractivity contribution is 5.85. The van der Waals surface area contributed by atoms with Gasteiger partial charge in [0.2, 0.25) is 0 Å². The minimum Gasteiger partial charge on any atom is -0.334 e. The van der Waals surface area contributed by atoms with Crippen LogP contribution in [-0.4, -0.2) is 46.7 Å². The van der Waals surface area contributed by atoms with Gasteiger partial charge in [0.15, 0.2) is 5.82 Å². The molecular formula is C13H18ClN5O. The number of aromatic nitrogens is 3. The monoisotopic (exact) mass is 295 g/mol. The first-order valence-corrected chi connectivity index (χ1v) is 6.41. The number of likely N-dealkylation sites (N-methyl/N-ethyl adjacent to an activating group) is 1. The second-order valence-electron chi connectivity index (χ2n) is 4.85. The summed E-state index contributed by atoms with van der Waals surface area (Å²) in [7, 11) is 2.08. The lowest BCUT2D eigenvalue weighted by molar-refractivity contribution is 0.190. The van der Waals surface area contributed by atoms with Gasteiger partial charge in [0.25, 0.3) is 5.89 Å². The molecule has 20 heavy (non-hydrogen) atoms. The number of piperazine rings is 1. The van der Waals surface area contributed by atoms with Crippen molar-refractivity contribution in [2.24, 2.45) is 0 Å². The molecule has 0 saturated carbocycles. The number of pyridine rings is 1. The summed E-state index contributed by atoms with van der Waals surface area (Å²) in [6, 6.07) is 4.06. The lowest BCUT2D eigenvalue weighted by Gasteiger charge is -2.30. The van der Waals surface area contributed by atoms with Crippen LogP contribution < -0.4 is 5.32 Å². The van der Waals surface area contributed by atoms with E-state index in [-0.39, 0.29) is 18.4 Å². The van der Waals surface area contributed by atoms with Gasteiger partial charge in [-0.25, -0.2) is 0 Å². The van der Waals surface area contributed by atoms with E-state index in [1.165, 1.54) is 0 Å². The van der Waals surface area contributed by atoms with E-state index in [2.05, 4.69) is 32.4 Å². The largest absolute Gasteiger partial charge is 0.334 e. The third-order valence-electron chi connectivity index (χ3n) is 3.41. The molecule has 1 fully saturated rings. The number of rotatable bonds is 2. The molecule has 108 valence electrons. The Balaban J connectivity index is 0.00000147. The number of hydrogen-bond donors (Lipinski definition) is 1. The third-order valence-corrected chi connectivity index (χ3v) is 3.41. The molecule has 3 rings (SSSR count). The second-order valence-corrected chi connectivity index (χ2v) is 4.85. The Labute approximate surface area is 124 Å². The van der Waals surface area contributed by atoms with Gasteiger partial charge in [-0.15, -0.1) is 12.4 Å². The molecule has 0 aliphatic carbocycles. The molecule has 1 aliphatic rings. The molecule has 1 saturated heterocycles. The molecule has 2 aromatic rings. The third kappa shape index (κ3) is 2.98. The van der Waals surface area contributed by atoms with Crippen molar-refractivity contribution in [1.29, 1.82) is 0 Å². The molecule has 0 bridgehead atoms. The van der Waals surface area contributed by atoms with Gasteiger partial charge in [-0.2, -0.15) is 4.98 Å². The van der Waals surface area contributed by atoms with Crippen molar-refractivity contribution in [1.82, 2.24) is 25.3 Å². The van der Waals surface area contributed by atoms with E-state index < -0.39 is 0 Å². The van der Waals surface area contributed by atoms with Crippen molar-refractivity contribution in [2.45, 2.75) is 13.0 Å². The van der Waals surface area contributed by atoms with Crippen molar-refractivity contribution in [2.75, 3.05) is 26.7 Å². The Morgan fingerprint density at radius 3 is 2.95 bits per heavy atom. The number of nitrogens with one attached hydrogen (secondary N) is 1. The highest BCUT2D eigenvalue weighted by Crippen LogP contribution is 2.22. The van der Waals surface area contributed by atoms with Crippen molar-refractivity contribution in [3.8, 4) is 11.5 Å². The van der Waals surface area contributed by atoms with Gasteiger partial charge in [-0.3, -0.25) is 9.88 Å². The number of hydrogen-bond acceptors (Lipinski definition) is 6. The van der Waals surface area contributed by atoms with Gasteiger partial charge in [0.1, 0.15) is 0 Å². The molecule has 6 nitrogen and oxygen atoms in total. The van der Waals surface area contributed by atoms with E-state index in [9.17, 15) is 0 Å². The van der Waals surface area contributed by atoms with Gasteiger partial charge in [-0.1, -0.05) is 5.16 Å². The molecule has 1 N–H and O–H groups in total. The summed E-state index contributed by atoms with van der Waals surface area (Å²) in [4.78, 5) is 11.0. The maximum absolute atomic E-state index is 5.34. The zero-order valence-corrected chi connectivity index (χ0v) is 12.4. The van der Waals surface area contributed by atoms with Crippen LogP contribution in [0.2, 0.25) is 0 Å². The molecule has 0 aromatic carbocycles. The van der Waals surface area contributed by atoms with E-state index in [1.807, 2.05) is 19.1 Å². The summed E-state index contributed by atoms with van der Waals surface area (Å²) < 4.78 is 5.34. The lowest BCUT2D eigenvalue weighted by Crippen LogP contribution is -2.44. The molecule has 0 radical (unpaired) electrons. The topological polar surface area (TPSA) is 67.1 Å². The summed E-state index contributed by atoms with van der Waals surface area (Å²) in [6.07, 6.45) is 1.76. The molecule has 7 heteroatoms. The first-order valence-electron chi connectivity index (χ1n) is 6.41. The van der Waals surface area contributed by atoms with E-state index in [0.29, 0.717) is 5.89 Å². The molecule has 1 atom stereocenters. The highest BCUT2D eigenvalue weighted by Gasteiger charge is 2.25. The Morgan fingerprint density at radius 2 is 2.25 bits per heavy atom. The van der Waals surface area contributed by atoms with Gasteiger partial charge >= 0.3 is 0 Å². The van der Waals surface area contributed by atoms with Crippen LogP contribution in [0.3, 0.4) is 0 Å². The van der Waals surface area contributed by atoms with Gasteiger partial charge in [0.05, 0.1) is 11.6 Å². The van der Waals surface area contributed by atoms with Gasteiger partial charge in [0, 0.05) is 31.5 Å². The average Bonchev–Trinajstić information content (AvgIpc) is 2.89. The predicted molar refractivity (Wildman–Crippen MR) is 77.8 cm³/mol. The number of halogens is 1. The maximum atomic E-state index is 5.34. The zero-order valence-electron chi connectivity index (χ0n) is 11.5. The maximum Gasteiger partial charge on any atom is 0.259 e. The van der Waals surface area contributed by atoms with E-state index in [1.54, 1.807) is 6.20 Å². The highest BCUT2D eigenvalue weighted by atomic mass is 35.5. The Morgan fingerprint density at radius 1 is 1.40 bits per heavy atom. The minimum absolute atomic E-state index is 0. The molecule has 3 heterocycles. The Hall–Kier alpha value is -1.50. The van der Waals surface area contributed by atoms with E-state index in [4.69, 9.17) is 4.52 Å². The number of aryl methyl sites for hydroxylation is 1. The van der Waals surface area contributed by atoms with Gasteiger partial charge in [-0.05, 0) is 26.1 Å². The summed E-state index contributed by atoms with van der Waals surface area (Å²) in [5.41, 5.74) is 1.83. The first-order chi connectivity index (χ1) is 9.24. The molecule has 0 spiro atoms. The smallest absolute Gasteiger partial charge is 0.259 e. The SMILES string of the molecule is Cc1ccc(-c2nc(C3CNCCN3C)no2)cn1.Cl. The number of nitrogens with zero attached hydrogens (tertiary/aromatic N) is 4.